The Morgan fingerprint density at radius 3 is 2.69 bits per heavy atom. The molecule has 0 aliphatic rings. The smallest absolute Gasteiger partial charge is 0.257 e. The van der Waals surface area contributed by atoms with Gasteiger partial charge in [0.05, 0.1) is 6.10 Å². The van der Waals surface area contributed by atoms with Crippen molar-refractivity contribution in [3.63, 3.8) is 0 Å². The van der Waals surface area contributed by atoms with E-state index in [1.165, 1.54) is 0 Å². The maximum atomic E-state index is 10.3. The van der Waals surface area contributed by atoms with Gasteiger partial charge in [0, 0.05) is 5.69 Å². The third kappa shape index (κ3) is 3.04. The number of hydrogen-bond acceptors (Lipinski definition) is 4. The summed E-state index contributed by atoms with van der Waals surface area (Å²) in [5, 5.41) is 0. The molecule has 1 atom stereocenters. The van der Waals surface area contributed by atoms with Crippen LogP contribution in [0.4, 0.5) is 5.69 Å². The van der Waals surface area contributed by atoms with E-state index in [9.17, 15) is 8.42 Å². The van der Waals surface area contributed by atoms with Crippen LogP contribution < -0.4 is 5.73 Å². The predicted octanol–water partition coefficient (Wildman–Crippen LogP) is 0.873. The van der Waals surface area contributed by atoms with Gasteiger partial charge in [0.1, 0.15) is 0 Å². The normalized spacial score (nSPS) is 13.1. The number of nitrogen functional groups attached to an aromatic ring is 1. The maximum absolute atomic E-state index is 10.3. The van der Waals surface area contributed by atoms with Crippen LogP contribution >= 0.6 is 0 Å². The van der Waals surface area contributed by atoms with Crippen LogP contribution in [0.3, 0.4) is 0 Å². The maximum Gasteiger partial charge on any atom is 0.257 e. The van der Waals surface area contributed by atoms with E-state index < -0.39 is 17.1 Å². The lowest BCUT2D eigenvalue weighted by Crippen LogP contribution is -1.99. The standard InChI is InChI=1S/C8H11NO3S/c1-6(12-13(10)11)7-3-2-4-8(9)5-7/h2-6,13H,9H2,1H3. The first kappa shape index (κ1) is 10.0. The van der Waals surface area contributed by atoms with Crippen LogP contribution in [0, 0.1) is 0 Å². The summed E-state index contributed by atoms with van der Waals surface area (Å²) in [5.41, 5.74) is 6.86. The molecule has 0 aromatic heterocycles. The van der Waals surface area contributed by atoms with Crippen molar-refractivity contribution in [2.75, 3.05) is 5.73 Å². The van der Waals surface area contributed by atoms with Crippen LogP contribution in [0.15, 0.2) is 24.3 Å². The molecule has 0 bridgehead atoms. The van der Waals surface area contributed by atoms with E-state index in [0.717, 1.165) is 5.56 Å². The fraction of sp³-hybridized carbons (Fsp3) is 0.250. The van der Waals surface area contributed by atoms with Crippen molar-refractivity contribution in [1.29, 1.82) is 0 Å². The van der Waals surface area contributed by atoms with Crippen molar-refractivity contribution < 1.29 is 12.6 Å². The van der Waals surface area contributed by atoms with E-state index >= 15 is 0 Å². The number of thiol groups is 1. The Kier molecular flexibility index (Phi) is 3.27. The van der Waals surface area contributed by atoms with Gasteiger partial charge in [0.15, 0.2) is 0 Å². The van der Waals surface area contributed by atoms with Gasteiger partial charge in [-0.05, 0) is 24.6 Å². The van der Waals surface area contributed by atoms with Crippen LogP contribution in [0.1, 0.15) is 18.6 Å². The fourth-order valence-corrected chi connectivity index (χ4v) is 1.38. The number of rotatable bonds is 3. The quantitative estimate of drug-likeness (QED) is 0.562. The second-order valence-electron chi connectivity index (χ2n) is 2.64. The lowest BCUT2D eigenvalue weighted by Gasteiger charge is -2.08. The van der Waals surface area contributed by atoms with Crippen LogP contribution in [0.5, 0.6) is 0 Å². The molecule has 13 heavy (non-hydrogen) atoms. The van der Waals surface area contributed by atoms with Gasteiger partial charge in [-0.1, -0.05) is 12.1 Å². The van der Waals surface area contributed by atoms with Gasteiger partial charge in [-0.3, -0.25) is 4.18 Å². The summed E-state index contributed by atoms with van der Waals surface area (Å²) >= 11 is 0. The van der Waals surface area contributed by atoms with Crippen molar-refractivity contribution in [2.45, 2.75) is 13.0 Å². The Morgan fingerprint density at radius 1 is 1.46 bits per heavy atom. The summed E-state index contributed by atoms with van der Waals surface area (Å²) in [6, 6.07) is 6.93. The van der Waals surface area contributed by atoms with Crippen LogP contribution in [-0.2, 0) is 15.2 Å². The van der Waals surface area contributed by atoms with Gasteiger partial charge in [0.2, 0.25) is 0 Å². The summed E-state index contributed by atoms with van der Waals surface area (Å²) in [4.78, 5) is 0. The first-order valence-corrected chi connectivity index (χ1v) is 4.85. The van der Waals surface area contributed by atoms with Gasteiger partial charge in [-0.15, -0.1) is 0 Å². The zero-order chi connectivity index (χ0) is 9.84. The zero-order valence-corrected chi connectivity index (χ0v) is 8.03. The van der Waals surface area contributed by atoms with Crippen molar-refractivity contribution in [3.8, 4) is 0 Å². The fourth-order valence-electron chi connectivity index (χ4n) is 1.00. The molecule has 0 aliphatic heterocycles. The molecular weight excluding hydrogens is 190 g/mol. The Balaban J connectivity index is 2.82. The molecule has 5 heteroatoms. The molecule has 0 radical (unpaired) electrons. The Hall–Kier alpha value is -1.07. The molecule has 1 unspecified atom stereocenters. The highest BCUT2D eigenvalue weighted by atomic mass is 32.2. The minimum absolute atomic E-state index is 0.482. The highest BCUT2D eigenvalue weighted by Crippen LogP contribution is 2.18. The summed E-state index contributed by atoms with van der Waals surface area (Å²) in [7, 11) is -2.81. The summed E-state index contributed by atoms with van der Waals surface area (Å²) < 4.78 is 25.1. The Labute approximate surface area is 78.5 Å². The van der Waals surface area contributed by atoms with E-state index in [4.69, 9.17) is 5.73 Å². The first-order chi connectivity index (χ1) is 6.09. The van der Waals surface area contributed by atoms with Crippen LogP contribution in [0.2, 0.25) is 0 Å². The van der Waals surface area contributed by atoms with Gasteiger partial charge < -0.3 is 5.73 Å². The van der Waals surface area contributed by atoms with Crippen molar-refractivity contribution in [3.05, 3.63) is 29.8 Å². The van der Waals surface area contributed by atoms with Gasteiger partial charge in [-0.25, -0.2) is 8.42 Å². The zero-order valence-electron chi connectivity index (χ0n) is 7.14. The first-order valence-electron chi connectivity index (χ1n) is 3.76. The molecule has 0 spiro atoms. The minimum Gasteiger partial charge on any atom is -0.399 e. The molecule has 4 nitrogen and oxygen atoms in total. The van der Waals surface area contributed by atoms with Crippen LogP contribution in [-0.4, -0.2) is 8.42 Å². The summed E-state index contributed by atoms with van der Waals surface area (Å²) in [6.07, 6.45) is -0.482. The molecule has 1 aromatic carbocycles. The molecule has 0 saturated carbocycles. The van der Waals surface area contributed by atoms with E-state index in [-0.39, 0.29) is 0 Å². The average Bonchev–Trinajstić information content (AvgIpc) is 2.03. The van der Waals surface area contributed by atoms with E-state index in [1.807, 2.05) is 0 Å². The predicted molar refractivity (Wildman–Crippen MR) is 50.7 cm³/mol. The highest BCUT2D eigenvalue weighted by Gasteiger charge is 2.06. The van der Waals surface area contributed by atoms with Crippen molar-refractivity contribution >= 4 is 16.7 Å². The molecular formula is C8H11NO3S. The number of nitrogens with two attached hydrogens (primary N) is 1. The number of anilines is 1. The number of benzene rings is 1. The minimum atomic E-state index is -2.81. The van der Waals surface area contributed by atoms with Crippen LogP contribution in [0.25, 0.3) is 0 Å². The van der Waals surface area contributed by atoms with Gasteiger partial charge in [0.25, 0.3) is 11.0 Å². The molecule has 0 heterocycles. The largest absolute Gasteiger partial charge is 0.399 e. The Morgan fingerprint density at radius 2 is 2.15 bits per heavy atom. The van der Waals surface area contributed by atoms with Gasteiger partial charge >= 0.3 is 0 Å². The Bertz CT molecular complexity index is 354. The number of hydrogen-bond donors (Lipinski definition) is 2. The second-order valence-corrected chi connectivity index (χ2v) is 3.30. The lowest BCUT2D eigenvalue weighted by molar-refractivity contribution is 0.245. The molecule has 1 rings (SSSR count). The molecule has 0 amide bonds. The molecule has 1 aromatic rings. The highest BCUT2D eigenvalue weighted by molar-refractivity contribution is 7.67. The summed E-state index contributed by atoms with van der Waals surface area (Å²) in [5.74, 6) is 0. The van der Waals surface area contributed by atoms with Gasteiger partial charge in [-0.2, -0.15) is 0 Å². The third-order valence-electron chi connectivity index (χ3n) is 1.62. The van der Waals surface area contributed by atoms with E-state index in [2.05, 4.69) is 4.18 Å². The molecule has 0 fully saturated rings. The van der Waals surface area contributed by atoms with E-state index in [1.54, 1.807) is 31.2 Å². The summed E-state index contributed by atoms with van der Waals surface area (Å²) in [6.45, 7) is 1.65. The average molecular weight is 201 g/mol. The SMILES string of the molecule is CC(O[SH](=O)=O)c1cccc(N)c1. The molecule has 2 N–H and O–H groups in total. The van der Waals surface area contributed by atoms with Crippen molar-refractivity contribution in [2.24, 2.45) is 0 Å². The lowest BCUT2D eigenvalue weighted by atomic mass is 10.1. The molecule has 0 aliphatic carbocycles. The monoisotopic (exact) mass is 201 g/mol. The molecule has 72 valence electrons. The van der Waals surface area contributed by atoms with E-state index in [0.29, 0.717) is 5.69 Å². The van der Waals surface area contributed by atoms with Crippen molar-refractivity contribution in [1.82, 2.24) is 0 Å². The third-order valence-corrected chi connectivity index (χ3v) is 2.11. The topological polar surface area (TPSA) is 69.4 Å². The molecule has 0 saturated heterocycles. The second kappa shape index (κ2) is 4.25.